The Balaban J connectivity index is 1.63. The van der Waals surface area contributed by atoms with Crippen LogP contribution in [0.4, 0.5) is 5.69 Å². The molecule has 3 nitrogen and oxygen atoms in total. The van der Waals surface area contributed by atoms with Crippen LogP contribution in [0.15, 0.2) is 39.2 Å². The van der Waals surface area contributed by atoms with Crippen LogP contribution in [0, 0.1) is 5.92 Å². The number of anilines is 1. The summed E-state index contributed by atoms with van der Waals surface area (Å²) in [5, 5.41) is 3.35. The van der Waals surface area contributed by atoms with E-state index in [0.29, 0.717) is 12.5 Å². The number of halogens is 1. The summed E-state index contributed by atoms with van der Waals surface area (Å²) in [6.07, 6.45) is 1.25. The molecule has 2 unspecified atom stereocenters. The van der Waals surface area contributed by atoms with E-state index in [4.69, 9.17) is 9.15 Å². The van der Waals surface area contributed by atoms with Crippen LogP contribution >= 0.6 is 15.9 Å². The van der Waals surface area contributed by atoms with Crippen molar-refractivity contribution in [2.45, 2.75) is 25.8 Å². The van der Waals surface area contributed by atoms with Crippen LogP contribution in [0.2, 0.25) is 0 Å². The highest BCUT2D eigenvalue weighted by molar-refractivity contribution is 9.10. The number of ether oxygens (including phenoxy) is 1. The van der Waals surface area contributed by atoms with Gasteiger partial charge in [-0.3, -0.25) is 0 Å². The molecule has 1 N–H and O–H groups in total. The minimum Gasteiger partial charge on any atom is -0.495 e. The number of nitrogens with one attached hydrogen (secondary N) is 1. The molecule has 4 heteroatoms. The van der Waals surface area contributed by atoms with Gasteiger partial charge in [-0.05, 0) is 52.5 Å². The molecule has 1 heterocycles. The predicted molar refractivity (Wildman–Crippen MR) is 83.3 cm³/mol. The van der Waals surface area contributed by atoms with Gasteiger partial charge >= 0.3 is 0 Å². The monoisotopic (exact) mass is 335 g/mol. The van der Waals surface area contributed by atoms with Gasteiger partial charge in [-0.2, -0.15) is 0 Å². The largest absolute Gasteiger partial charge is 0.495 e. The van der Waals surface area contributed by atoms with Crippen LogP contribution < -0.4 is 10.1 Å². The predicted octanol–water partition coefficient (Wildman–Crippen LogP) is 4.79. The van der Waals surface area contributed by atoms with Gasteiger partial charge < -0.3 is 14.5 Å². The minimum atomic E-state index is 0.636. The molecule has 0 aliphatic heterocycles. The summed E-state index contributed by atoms with van der Waals surface area (Å²) in [6, 6.07) is 10.1. The first-order chi connectivity index (χ1) is 9.67. The Morgan fingerprint density at radius 1 is 1.35 bits per heavy atom. The van der Waals surface area contributed by atoms with Crippen molar-refractivity contribution >= 4 is 21.6 Å². The molecule has 2 aromatic rings. The first-order valence-corrected chi connectivity index (χ1v) is 7.62. The molecule has 1 aromatic carbocycles. The molecule has 1 aromatic heterocycles. The fourth-order valence-corrected chi connectivity index (χ4v) is 2.77. The topological polar surface area (TPSA) is 34.4 Å². The molecule has 0 bridgehead atoms. The Labute approximate surface area is 127 Å². The van der Waals surface area contributed by atoms with Crippen molar-refractivity contribution in [2.24, 2.45) is 5.92 Å². The smallest absolute Gasteiger partial charge is 0.135 e. The van der Waals surface area contributed by atoms with Gasteiger partial charge in [0.05, 0.1) is 18.1 Å². The molecular formula is C16H18BrNO2. The Bertz CT molecular complexity index is 608. The second-order valence-corrected chi connectivity index (χ2v) is 6.18. The quantitative estimate of drug-likeness (QED) is 0.853. The maximum atomic E-state index is 5.88. The van der Waals surface area contributed by atoms with Gasteiger partial charge in [-0.1, -0.05) is 6.92 Å². The van der Waals surface area contributed by atoms with Crippen LogP contribution in [0.5, 0.6) is 5.75 Å². The summed E-state index contributed by atoms with van der Waals surface area (Å²) in [6.45, 7) is 2.95. The fraction of sp³-hybridized carbons (Fsp3) is 0.375. The Morgan fingerprint density at radius 2 is 2.15 bits per heavy atom. The van der Waals surface area contributed by atoms with E-state index in [1.165, 1.54) is 6.42 Å². The van der Waals surface area contributed by atoms with Gasteiger partial charge in [0, 0.05) is 17.7 Å². The highest BCUT2D eigenvalue weighted by Crippen LogP contribution is 2.47. The molecule has 1 aliphatic carbocycles. The molecule has 2 atom stereocenters. The third-order valence-electron chi connectivity index (χ3n) is 3.78. The molecule has 0 saturated heterocycles. The fourth-order valence-electron chi connectivity index (χ4n) is 2.37. The summed E-state index contributed by atoms with van der Waals surface area (Å²) in [7, 11) is 1.67. The first-order valence-electron chi connectivity index (χ1n) is 6.83. The number of furan rings is 1. The molecule has 20 heavy (non-hydrogen) atoms. The minimum absolute atomic E-state index is 0.636. The van der Waals surface area contributed by atoms with Crippen LogP contribution in [0.1, 0.15) is 30.8 Å². The lowest BCUT2D eigenvalue weighted by Gasteiger charge is -2.08. The first kappa shape index (κ1) is 13.6. The standard InChI is InChI=1S/C16H18BrNO2/c1-10-7-13(10)15-6-4-12(20-15)9-18-11-3-5-14(17)16(8-11)19-2/h3-6,8,10,13,18H,7,9H2,1-2H3. The van der Waals surface area contributed by atoms with Crippen LogP contribution in [0.25, 0.3) is 0 Å². The van der Waals surface area contributed by atoms with E-state index >= 15 is 0 Å². The van der Waals surface area contributed by atoms with Gasteiger partial charge in [0.2, 0.25) is 0 Å². The Kier molecular flexibility index (Phi) is 3.74. The van der Waals surface area contributed by atoms with Gasteiger partial charge in [-0.15, -0.1) is 0 Å². The summed E-state index contributed by atoms with van der Waals surface area (Å²) in [4.78, 5) is 0. The Morgan fingerprint density at radius 3 is 2.85 bits per heavy atom. The van der Waals surface area contributed by atoms with E-state index in [1.54, 1.807) is 7.11 Å². The molecule has 0 amide bonds. The number of methoxy groups -OCH3 is 1. The number of benzene rings is 1. The lowest BCUT2D eigenvalue weighted by atomic mass is 10.3. The third kappa shape index (κ3) is 2.85. The lowest BCUT2D eigenvalue weighted by molar-refractivity contribution is 0.412. The zero-order chi connectivity index (χ0) is 14.1. The van der Waals surface area contributed by atoms with Crippen molar-refractivity contribution < 1.29 is 9.15 Å². The highest BCUT2D eigenvalue weighted by atomic mass is 79.9. The van der Waals surface area contributed by atoms with Gasteiger partial charge in [0.15, 0.2) is 0 Å². The van der Waals surface area contributed by atoms with Crippen molar-refractivity contribution in [1.29, 1.82) is 0 Å². The van der Waals surface area contributed by atoms with Crippen molar-refractivity contribution in [3.05, 3.63) is 46.3 Å². The van der Waals surface area contributed by atoms with Gasteiger partial charge in [0.1, 0.15) is 17.3 Å². The summed E-state index contributed by atoms with van der Waals surface area (Å²) < 4.78 is 12.1. The normalized spacial score (nSPS) is 20.8. The van der Waals surface area contributed by atoms with E-state index in [0.717, 1.165) is 33.3 Å². The summed E-state index contributed by atoms with van der Waals surface area (Å²) >= 11 is 3.45. The van der Waals surface area contributed by atoms with Crippen LogP contribution in [0.3, 0.4) is 0 Å². The van der Waals surface area contributed by atoms with Crippen molar-refractivity contribution in [3.8, 4) is 5.75 Å². The van der Waals surface area contributed by atoms with E-state index in [2.05, 4.69) is 40.3 Å². The zero-order valence-corrected chi connectivity index (χ0v) is 13.2. The maximum Gasteiger partial charge on any atom is 0.135 e. The summed E-state index contributed by atoms with van der Waals surface area (Å²) in [5.41, 5.74) is 1.02. The van der Waals surface area contributed by atoms with E-state index in [1.807, 2.05) is 18.2 Å². The summed E-state index contributed by atoms with van der Waals surface area (Å²) in [5.74, 6) is 4.33. The maximum absolute atomic E-state index is 5.88. The lowest BCUT2D eigenvalue weighted by Crippen LogP contribution is -1.98. The van der Waals surface area contributed by atoms with E-state index in [9.17, 15) is 0 Å². The highest BCUT2D eigenvalue weighted by Gasteiger charge is 2.36. The molecule has 0 radical (unpaired) electrons. The molecule has 106 valence electrons. The van der Waals surface area contributed by atoms with Crippen molar-refractivity contribution in [1.82, 2.24) is 0 Å². The van der Waals surface area contributed by atoms with Crippen LogP contribution in [-0.2, 0) is 6.54 Å². The molecule has 1 fully saturated rings. The third-order valence-corrected chi connectivity index (χ3v) is 4.43. The molecule has 0 spiro atoms. The second kappa shape index (κ2) is 5.52. The molecular weight excluding hydrogens is 318 g/mol. The van der Waals surface area contributed by atoms with Crippen molar-refractivity contribution in [2.75, 3.05) is 12.4 Å². The zero-order valence-electron chi connectivity index (χ0n) is 11.7. The number of rotatable bonds is 5. The van der Waals surface area contributed by atoms with E-state index in [-0.39, 0.29) is 0 Å². The van der Waals surface area contributed by atoms with Crippen LogP contribution in [-0.4, -0.2) is 7.11 Å². The van der Waals surface area contributed by atoms with Crippen molar-refractivity contribution in [3.63, 3.8) is 0 Å². The average Bonchev–Trinajstić information content (AvgIpc) is 3.00. The number of hydrogen-bond acceptors (Lipinski definition) is 3. The van der Waals surface area contributed by atoms with Gasteiger partial charge in [-0.25, -0.2) is 0 Å². The molecule has 1 aliphatic rings. The van der Waals surface area contributed by atoms with Gasteiger partial charge in [0.25, 0.3) is 0 Å². The second-order valence-electron chi connectivity index (χ2n) is 5.33. The Hall–Kier alpha value is -1.42. The number of hydrogen-bond donors (Lipinski definition) is 1. The molecule has 3 rings (SSSR count). The van der Waals surface area contributed by atoms with E-state index < -0.39 is 0 Å². The average molecular weight is 336 g/mol. The SMILES string of the molecule is COc1cc(NCc2ccc(C3CC3C)o2)ccc1Br. The molecule has 1 saturated carbocycles.